The molecule has 1 heterocycles. The molecule has 0 spiro atoms. The molecule has 0 fully saturated rings. The molecule has 1 aliphatic carbocycles. The molecule has 6 heteroatoms. The van der Waals surface area contributed by atoms with Gasteiger partial charge in [0.05, 0.1) is 21.3 Å². The van der Waals surface area contributed by atoms with Gasteiger partial charge in [-0.25, -0.2) is 0 Å². The Balaban J connectivity index is 1.99. The van der Waals surface area contributed by atoms with E-state index in [2.05, 4.69) is 4.57 Å². The van der Waals surface area contributed by atoms with Gasteiger partial charge < -0.3 is 23.9 Å². The van der Waals surface area contributed by atoms with Crippen molar-refractivity contribution in [3.05, 3.63) is 95.2 Å². The van der Waals surface area contributed by atoms with Gasteiger partial charge in [0.1, 0.15) is 5.60 Å². The number of aromatic nitrogens is 1. The summed E-state index contributed by atoms with van der Waals surface area (Å²) in [5.74, 6) is 0.470. The molecular formula is C29H29NO5. The molecule has 1 aromatic heterocycles. The number of para-hydroxylation sites is 1. The third-order valence-corrected chi connectivity index (χ3v) is 7.51. The minimum Gasteiger partial charge on any atom is -0.493 e. The smallest absolute Gasteiger partial charge is 0.324 e. The number of carbonyl (C=O) groups is 1. The highest BCUT2D eigenvalue weighted by Gasteiger charge is 2.63. The zero-order valence-electron chi connectivity index (χ0n) is 20.4. The van der Waals surface area contributed by atoms with Crippen molar-refractivity contribution in [1.82, 2.24) is 4.57 Å². The minimum absolute atomic E-state index is 0.331. The summed E-state index contributed by atoms with van der Waals surface area (Å²) in [4.78, 5) is 14.2. The first-order chi connectivity index (χ1) is 16.9. The molecule has 5 rings (SSSR count). The van der Waals surface area contributed by atoms with Crippen LogP contribution in [0.2, 0.25) is 0 Å². The van der Waals surface area contributed by atoms with Crippen LogP contribution in [0.25, 0.3) is 10.9 Å². The van der Waals surface area contributed by atoms with Crippen molar-refractivity contribution in [2.75, 3.05) is 21.3 Å². The number of fused-ring (bicyclic) bond motifs is 3. The van der Waals surface area contributed by atoms with Crippen LogP contribution in [0.15, 0.2) is 72.8 Å². The molecule has 4 aromatic rings. The van der Waals surface area contributed by atoms with E-state index in [1.165, 1.54) is 7.11 Å². The van der Waals surface area contributed by atoms with E-state index in [4.69, 9.17) is 14.2 Å². The van der Waals surface area contributed by atoms with Gasteiger partial charge in [0.2, 0.25) is 0 Å². The van der Waals surface area contributed by atoms with Gasteiger partial charge in [0.15, 0.2) is 16.9 Å². The van der Waals surface area contributed by atoms with Gasteiger partial charge in [-0.3, -0.25) is 4.79 Å². The average Bonchev–Trinajstić information content (AvgIpc) is 3.20. The Bertz CT molecular complexity index is 1410. The molecule has 2 atom stereocenters. The largest absolute Gasteiger partial charge is 0.493 e. The summed E-state index contributed by atoms with van der Waals surface area (Å²) in [5.41, 5.74) is 0.821. The molecule has 0 bridgehead atoms. The summed E-state index contributed by atoms with van der Waals surface area (Å²) in [6.45, 7) is 0. The van der Waals surface area contributed by atoms with Crippen LogP contribution in [0, 0.1) is 0 Å². The van der Waals surface area contributed by atoms with E-state index in [1.807, 2.05) is 67.7 Å². The maximum absolute atomic E-state index is 14.2. The lowest BCUT2D eigenvalue weighted by molar-refractivity contribution is -0.160. The van der Waals surface area contributed by atoms with Gasteiger partial charge in [-0.1, -0.05) is 54.6 Å². The highest BCUT2D eigenvalue weighted by atomic mass is 16.5. The van der Waals surface area contributed by atoms with Crippen molar-refractivity contribution in [2.24, 2.45) is 7.05 Å². The van der Waals surface area contributed by atoms with Crippen LogP contribution >= 0.6 is 0 Å². The summed E-state index contributed by atoms with van der Waals surface area (Å²) in [6, 6.07) is 22.7. The number of nitrogens with zero attached hydrogens (tertiary/aromatic N) is 1. The molecule has 35 heavy (non-hydrogen) atoms. The first-order valence-electron chi connectivity index (χ1n) is 11.6. The topological polar surface area (TPSA) is 69.9 Å². The van der Waals surface area contributed by atoms with E-state index in [1.54, 1.807) is 26.4 Å². The van der Waals surface area contributed by atoms with Gasteiger partial charge in [-0.05, 0) is 42.2 Å². The first kappa shape index (κ1) is 23.0. The fraction of sp³-hybridized carbons (Fsp3) is 0.276. The zero-order valence-corrected chi connectivity index (χ0v) is 20.4. The lowest BCUT2D eigenvalue weighted by Crippen LogP contribution is -2.58. The number of carbonyl (C=O) groups excluding carboxylic acids is 1. The van der Waals surface area contributed by atoms with E-state index in [9.17, 15) is 9.90 Å². The SMILES string of the molecule is COC(=O)C1(c2ccc(OC)c(OC)c2)c2c(n(C)c3ccccc23)CCC1(O)c1ccccc1. The Morgan fingerprint density at radius 3 is 2.26 bits per heavy atom. The van der Waals surface area contributed by atoms with Crippen molar-refractivity contribution in [3.8, 4) is 11.5 Å². The van der Waals surface area contributed by atoms with Gasteiger partial charge >= 0.3 is 5.97 Å². The van der Waals surface area contributed by atoms with Crippen LogP contribution < -0.4 is 9.47 Å². The van der Waals surface area contributed by atoms with Crippen molar-refractivity contribution in [1.29, 1.82) is 0 Å². The Morgan fingerprint density at radius 2 is 1.57 bits per heavy atom. The van der Waals surface area contributed by atoms with Crippen LogP contribution in [0.5, 0.6) is 11.5 Å². The molecule has 6 nitrogen and oxygen atoms in total. The summed E-state index contributed by atoms with van der Waals surface area (Å²) >= 11 is 0. The molecule has 3 aromatic carbocycles. The summed E-state index contributed by atoms with van der Waals surface area (Å²) in [6.07, 6.45) is 0.926. The molecule has 1 aliphatic rings. The van der Waals surface area contributed by atoms with Crippen molar-refractivity contribution < 1.29 is 24.1 Å². The second-order valence-corrected chi connectivity index (χ2v) is 8.94. The molecule has 0 aliphatic heterocycles. The number of hydrogen-bond acceptors (Lipinski definition) is 5. The van der Waals surface area contributed by atoms with Crippen LogP contribution in [-0.4, -0.2) is 37.0 Å². The number of methoxy groups -OCH3 is 3. The number of hydrogen-bond donors (Lipinski definition) is 1. The zero-order chi connectivity index (χ0) is 24.8. The van der Waals surface area contributed by atoms with Crippen molar-refractivity contribution >= 4 is 16.9 Å². The fourth-order valence-corrected chi connectivity index (χ4v) is 5.92. The summed E-state index contributed by atoms with van der Waals surface area (Å²) in [7, 11) is 6.50. The quantitative estimate of drug-likeness (QED) is 0.435. The van der Waals surface area contributed by atoms with Crippen LogP contribution in [0.3, 0.4) is 0 Å². The van der Waals surface area contributed by atoms with Crippen LogP contribution in [-0.2, 0) is 34.0 Å². The maximum Gasteiger partial charge on any atom is 0.324 e. The van der Waals surface area contributed by atoms with Crippen molar-refractivity contribution in [3.63, 3.8) is 0 Å². The van der Waals surface area contributed by atoms with Crippen LogP contribution in [0.4, 0.5) is 0 Å². The predicted molar refractivity (Wildman–Crippen MR) is 134 cm³/mol. The molecule has 2 unspecified atom stereocenters. The fourth-order valence-electron chi connectivity index (χ4n) is 5.92. The van der Waals surface area contributed by atoms with Gasteiger partial charge in [0.25, 0.3) is 0 Å². The number of esters is 1. The van der Waals surface area contributed by atoms with Crippen molar-refractivity contribution in [2.45, 2.75) is 23.9 Å². The number of ether oxygens (including phenoxy) is 3. The van der Waals surface area contributed by atoms with E-state index in [-0.39, 0.29) is 0 Å². The molecule has 0 radical (unpaired) electrons. The molecule has 0 saturated carbocycles. The highest BCUT2D eigenvalue weighted by molar-refractivity contribution is 5.99. The number of benzene rings is 3. The lowest BCUT2D eigenvalue weighted by Gasteiger charge is -2.49. The third-order valence-electron chi connectivity index (χ3n) is 7.51. The number of rotatable bonds is 5. The second-order valence-electron chi connectivity index (χ2n) is 8.94. The molecular weight excluding hydrogens is 442 g/mol. The molecule has 180 valence electrons. The molecule has 0 saturated heterocycles. The van der Waals surface area contributed by atoms with E-state index >= 15 is 0 Å². The van der Waals surface area contributed by atoms with Crippen LogP contribution in [0.1, 0.15) is 28.8 Å². The normalized spacial score (nSPS) is 21.4. The van der Waals surface area contributed by atoms with E-state index in [0.717, 1.165) is 22.2 Å². The Kier molecular flexibility index (Phi) is 5.56. The second kappa shape index (κ2) is 8.47. The van der Waals surface area contributed by atoms with E-state index < -0.39 is 17.0 Å². The van der Waals surface area contributed by atoms with E-state index in [0.29, 0.717) is 35.5 Å². The first-order valence-corrected chi connectivity index (χ1v) is 11.6. The monoisotopic (exact) mass is 471 g/mol. The average molecular weight is 472 g/mol. The predicted octanol–water partition coefficient (Wildman–Crippen LogP) is 4.49. The maximum atomic E-state index is 14.2. The Hall–Kier alpha value is -3.77. The Morgan fingerprint density at radius 1 is 0.886 bits per heavy atom. The number of aliphatic hydroxyl groups is 1. The highest BCUT2D eigenvalue weighted by Crippen LogP contribution is 2.57. The summed E-state index contributed by atoms with van der Waals surface area (Å²) in [5, 5.41) is 13.6. The summed E-state index contributed by atoms with van der Waals surface area (Å²) < 4.78 is 18.7. The van der Waals surface area contributed by atoms with Gasteiger partial charge in [-0.2, -0.15) is 0 Å². The lowest BCUT2D eigenvalue weighted by atomic mass is 9.55. The Labute approximate surface area is 204 Å². The third kappa shape index (κ3) is 3.03. The standard InChI is InChI=1S/C29H29NO5/c1-30-22-13-9-8-12-21(22)26-23(30)16-17-28(32,19-10-6-5-7-11-19)29(26,27(31)35-4)20-14-15-24(33-2)25(18-20)34-3/h5-15,18,32H,16-17H2,1-4H3. The number of aryl methyl sites for hydroxylation is 1. The molecule has 0 amide bonds. The molecule has 1 N–H and O–H groups in total. The minimum atomic E-state index is -1.59. The van der Waals surface area contributed by atoms with Gasteiger partial charge in [0, 0.05) is 29.2 Å². The van der Waals surface area contributed by atoms with Gasteiger partial charge in [-0.15, -0.1) is 0 Å².